The smallest absolute Gasteiger partial charge is 0.153 e. The Kier molecular flexibility index (Phi) is 27.1. The molecule has 0 saturated carbocycles. The molecule has 74 heavy (non-hydrogen) atoms. The third kappa shape index (κ3) is 18.2. The number of nitriles is 1. The minimum atomic E-state index is -1.21. The second-order valence-electron chi connectivity index (χ2n) is 17.6. The van der Waals surface area contributed by atoms with E-state index >= 15 is 0 Å². The number of hydrogen-bond acceptors (Lipinski definition) is 16. The summed E-state index contributed by atoms with van der Waals surface area (Å²) in [6.45, 7) is 9.81. The highest BCUT2D eigenvalue weighted by molar-refractivity contribution is 5.63. The van der Waals surface area contributed by atoms with Gasteiger partial charge in [0.15, 0.2) is 6.23 Å². The molecule has 0 aliphatic heterocycles. The monoisotopic (exact) mass is 1020 g/mol. The second-order valence-corrected chi connectivity index (χ2v) is 17.6. The number of anilines is 5. The second kappa shape index (κ2) is 33.9. The summed E-state index contributed by atoms with van der Waals surface area (Å²) in [7, 11) is 3.99. The van der Waals surface area contributed by atoms with Gasteiger partial charge in [-0.1, -0.05) is 72.8 Å². The van der Waals surface area contributed by atoms with Crippen molar-refractivity contribution in [3.63, 3.8) is 0 Å². The molecule has 4 N–H and O–H groups in total. The van der Waals surface area contributed by atoms with Crippen molar-refractivity contribution in [3.05, 3.63) is 150 Å². The van der Waals surface area contributed by atoms with Crippen molar-refractivity contribution in [1.82, 2.24) is 0 Å². The van der Waals surface area contributed by atoms with E-state index in [0.717, 1.165) is 45.1 Å². The molecular formula is C58H80N6O10. The van der Waals surface area contributed by atoms with E-state index in [1.165, 1.54) is 0 Å². The lowest BCUT2D eigenvalue weighted by Crippen LogP contribution is -2.46. The van der Waals surface area contributed by atoms with Gasteiger partial charge in [0.2, 0.25) is 0 Å². The average Bonchev–Trinajstić information content (AvgIpc) is 3.44. The number of hydrogen-bond donors (Lipinski definition) is 4. The van der Waals surface area contributed by atoms with E-state index in [4.69, 9.17) is 33.5 Å². The first kappa shape index (κ1) is 59.1. The van der Waals surface area contributed by atoms with Crippen LogP contribution in [0.5, 0.6) is 0 Å². The fraction of sp³-hybridized carbons (Fsp3) is 0.466. The Balaban J connectivity index is 1.52. The number of aliphatic hydroxyl groups excluding tert-OH is 4. The first-order valence-electron chi connectivity index (χ1n) is 25.8. The predicted octanol–water partition coefficient (Wildman–Crippen LogP) is 5.65. The third-order valence-electron chi connectivity index (χ3n) is 12.6. The van der Waals surface area contributed by atoms with Crippen molar-refractivity contribution in [2.24, 2.45) is 0 Å². The quantitative estimate of drug-likeness (QED) is 0.0216. The maximum absolute atomic E-state index is 11.6. The van der Waals surface area contributed by atoms with E-state index in [2.05, 4.69) is 74.2 Å². The van der Waals surface area contributed by atoms with Crippen molar-refractivity contribution in [3.8, 4) is 6.07 Å². The molecule has 0 amide bonds. The molecule has 2 atom stereocenters. The fourth-order valence-corrected chi connectivity index (χ4v) is 8.74. The standard InChI is InChI=1S/C58H80N6O10/c1-4-74-57(47-73-44-37-68)64(30-29-63(32-39-70-42-35-66)54-13-9-6-10-14-54)56-25-19-51(20-26-56)58(48-59,49-15-21-52(22-16-49)60(2)3)50-17-23-55(24-18-50)62(33-40-71-45-46-72-43-36-67)28-27-61(31-38-69-41-34-65)53-11-7-5-8-12-53/h5-26,57,65-68H,4,27-47H2,1-3H3. The normalized spacial score (nSPS) is 12.5. The van der Waals surface area contributed by atoms with E-state index < -0.39 is 11.6 Å². The zero-order valence-corrected chi connectivity index (χ0v) is 43.8. The van der Waals surface area contributed by atoms with Crippen molar-refractivity contribution in [2.75, 3.05) is 184 Å². The van der Waals surface area contributed by atoms with Crippen LogP contribution >= 0.6 is 0 Å². The SMILES string of the molecule is CCOC(COCCO)N(CCN(CCOCCO)c1ccccc1)c1ccc(C(C#N)(c2ccc(N(C)C)cc2)c2ccc(N(CCOCCOCCO)CCN(CCOCCO)c3ccccc3)cc2)cc1. The van der Waals surface area contributed by atoms with Gasteiger partial charge in [-0.05, 0) is 84.3 Å². The Morgan fingerprint density at radius 3 is 1.20 bits per heavy atom. The number of aliphatic hydroxyl groups is 4. The average molecular weight is 1020 g/mol. The molecule has 16 nitrogen and oxygen atoms in total. The highest BCUT2D eigenvalue weighted by Crippen LogP contribution is 2.41. The number of benzene rings is 5. The molecule has 0 saturated heterocycles. The summed E-state index contributed by atoms with van der Waals surface area (Å²) in [6, 6.07) is 47.7. The van der Waals surface area contributed by atoms with Gasteiger partial charge in [0.05, 0.1) is 98.6 Å². The van der Waals surface area contributed by atoms with Crippen LogP contribution in [0.2, 0.25) is 0 Å². The molecule has 0 heterocycles. The van der Waals surface area contributed by atoms with Gasteiger partial charge >= 0.3 is 0 Å². The summed E-state index contributed by atoms with van der Waals surface area (Å²) in [5.41, 5.74) is 6.17. The molecule has 2 unspecified atom stereocenters. The summed E-state index contributed by atoms with van der Waals surface area (Å²) in [5.74, 6) is 0. The van der Waals surface area contributed by atoms with Gasteiger partial charge in [-0.25, -0.2) is 0 Å². The van der Waals surface area contributed by atoms with Gasteiger partial charge in [-0.3, -0.25) is 0 Å². The van der Waals surface area contributed by atoms with Gasteiger partial charge in [-0.15, -0.1) is 0 Å². The predicted molar refractivity (Wildman–Crippen MR) is 294 cm³/mol. The van der Waals surface area contributed by atoms with Gasteiger partial charge in [-0.2, -0.15) is 5.26 Å². The summed E-state index contributed by atoms with van der Waals surface area (Å²) < 4.78 is 35.1. The molecule has 5 rings (SSSR count). The Morgan fingerprint density at radius 1 is 0.432 bits per heavy atom. The molecule has 0 aliphatic carbocycles. The molecule has 5 aromatic carbocycles. The van der Waals surface area contributed by atoms with E-state index in [9.17, 15) is 20.6 Å². The van der Waals surface area contributed by atoms with Crippen LogP contribution in [-0.2, 0) is 33.8 Å². The molecular weight excluding hydrogens is 941 g/mol. The van der Waals surface area contributed by atoms with E-state index in [1.54, 1.807) is 0 Å². The van der Waals surface area contributed by atoms with E-state index in [0.29, 0.717) is 85.5 Å². The molecule has 0 aliphatic rings. The van der Waals surface area contributed by atoms with Crippen LogP contribution in [0.3, 0.4) is 0 Å². The van der Waals surface area contributed by atoms with E-state index in [-0.39, 0.29) is 59.5 Å². The molecule has 0 bridgehead atoms. The zero-order valence-electron chi connectivity index (χ0n) is 43.8. The Bertz CT molecular complexity index is 2260. The fourth-order valence-electron chi connectivity index (χ4n) is 8.74. The zero-order chi connectivity index (χ0) is 52.6. The van der Waals surface area contributed by atoms with Gasteiger partial charge in [0.25, 0.3) is 0 Å². The highest BCUT2D eigenvalue weighted by Gasteiger charge is 2.37. The summed E-state index contributed by atoms with van der Waals surface area (Å²) in [6.07, 6.45) is -0.486. The molecule has 5 aromatic rings. The van der Waals surface area contributed by atoms with Gasteiger partial charge < -0.3 is 73.3 Å². The minimum absolute atomic E-state index is 0.0322. The van der Waals surface area contributed by atoms with Crippen LogP contribution in [-0.4, -0.2) is 186 Å². The topological polar surface area (TPSA) is 176 Å². The minimum Gasteiger partial charge on any atom is -0.394 e. The molecule has 0 aromatic heterocycles. The van der Waals surface area contributed by atoms with Crippen molar-refractivity contribution in [1.29, 1.82) is 5.26 Å². The Labute approximate surface area is 439 Å². The first-order valence-corrected chi connectivity index (χ1v) is 25.8. The van der Waals surface area contributed by atoms with Gasteiger partial charge in [0, 0.05) is 95.0 Å². The number of ether oxygens (including phenoxy) is 6. The first-order chi connectivity index (χ1) is 36.3. The molecule has 402 valence electrons. The van der Waals surface area contributed by atoms with Crippen molar-refractivity contribution in [2.45, 2.75) is 18.6 Å². The van der Waals surface area contributed by atoms with Crippen LogP contribution in [0.15, 0.2) is 133 Å². The number of para-hydroxylation sites is 2. The Hall–Kier alpha value is -5.81. The summed E-state index contributed by atoms with van der Waals surface area (Å²) in [4.78, 5) is 11.0. The number of rotatable bonds is 39. The summed E-state index contributed by atoms with van der Waals surface area (Å²) in [5, 5.41) is 49.1. The third-order valence-corrected chi connectivity index (χ3v) is 12.6. The molecule has 16 heteroatoms. The molecule has 0 fully saturated rings. The largest absolute Gasteiger partial charge is 0.394 e. The maximum atomic E-state index is 11.6. The van der Waals surface area contributed by atoms with Crippen LogP contribution in [0.4, 0.5) is 28.4 Å². The van der Waals surface area contributed by atoms with Gasteiger partial charge in [0.1, 0.15) is 5.41 Å². The lowest BCUT2D eigenvalue weighted by atomic mass is 9.70. The molecule has 0 radical (unpaired) electrons. The van der Waals surface area contributed by atoms with Crippen LogP contribution in [0, 0.1) is 11.3 Å². The summed E-state index contributed by atoms with van der Waals surface area (Å²) >= 11 is 0. The van der Waals surface area contributed by atoms with Crippen LogP contribution in [0.1, 0.15) is 23.6 Å². The maximum Gasteiger partial charge on any atom is 0.153 e. The van der Waals surface area contributed by atoms with Crippen molar-refractivity contribution >= 4 is 28.4 Å². The highest BCUT2D eigenvalue weighted by atomic mass is 16.5. The lowest BCUT2D eigenvalue weighted by Gasteiger charge is -2.36. The van der Waals surface area contributed by atoms with E-state index in [1.807, 2.05) is 111 Å². The Morgan fingerprint density at radius 2 is 0.797 bits per heavy atom. The molecule has 0 spiro atoms. The van der Waals surface area contributed by atoms with Crippen LogP contribution < -0.4 is 24.5 Å². The lowest BCUT2D eigenvalue weighted by molar-refractivity contribution is -0.0202. The van der Waals surface area contributed by atoms with Crippen molar-refractivity contribution < 1.29 is 48.8 Å². The number of nitrogens with zero attached hydrogens (tertiary/aromatic N) is 6. The van der Waals surface area contributed by atoms with Crippen LogP contribution in [0.25, 0.3) is 0 Å².